The number of hydrogen-bond donors (Lipinski definition) is 2. The molecule has 0 saturated carbocycles. The van der Waals surface area contributed by atoms with E-state index in [0.29, 0.717) is 26.2 Å². The Morgan fingerprint density at radius 3 is 2.24 bits per heavy atom. The second kappa shape index (κ2) is 4.70. The van der Waals surface area contributed by atoms with Gasteiger partial charge in [-0.25, -0.2) is 5.43 Å². The van der Waals surface area contributed by atoms with Gasteiger partial charge in [0.15, 0.2) is 0 Å². The molecule has 1 unspecified atom stereocenters. The van der Waals surface area contributed by atoms with Crippen LogP contribution in [0, 0.1) is 0 Å². The molecule has 2 rings (SSSR count). The molecule has 0 spiro atoms. The Morgan fingerprint density at radius 1 is 1.18 bits per heavy atom. The summed E-state index contributed by atoms with van der Waals surface area (Å²) in [6.07, 6.45) is 0.186. The van der Waals surface area contributed by atoms with Gasteiger partial charge >= 0.3 is 0 Å². The lowest BCUT2D eigenvalue weighted by molar-refractivity contribution is -0.139. The van der Waals surface area contributed by atoms with E-state index in [4.69, 9.17) is 0 Å². The van der Waals surface area contributed by atoms with Crippen LogP contribution in [0.25, 0.3) is 0 Å². The van der Waals surface area contributed by atoms with Crippen molar-refractivity contribution in [2.45, 2.75) is 19.4 Å². The Kier molecular flexibility index (Phi) is 3.28. The largest absolute Gasteiger partial charge is 0.339 e. The standard InChI is InChI=1S/C10H16N4O3/c1-7(15)13-2-4-14(5-3-13)10(17)8-6-9(16)12-11-8/h8,11H,2-6H2,1H3,(H,12,16). The van der Waals surface area contributed by atoms with Crippen LogP contribution in [0.5, 0.6) is 0 Å². The van der Waals surface area contributed by atoms with Crippen LogP contribution in [0.3, 0.4) is 0 Å². The molecule has 0 aliphatic carbocycles. The highest BCUT2D eigenvalue weighted by Gasteiger charge is 2.32. The summed E-state index contributed by atoms with van der Waals surface area (Å²) in [5.41, 5.74) is 5.08. The van der Waals surface area contributed by atoms with Crippen LogP contribution in [0.1, 0.15) is 13.3 Å². The smallest absolute Gasteiger partial charge is 0.242 e. The number of nitrogens with one attached hydrogen (secondary N) is 2. The zero-order valence-corrected chi connectivity index (χ0v) is 9.73. The maximum absolute atomic E-state index is 12.0. The first-order chi connectivity index (χ1) is 8.08. The minimum absolute atomic E-state index is 0.0351. The van der Waals surface area contributed by atoms with Crippen molar-refractivity contribution < 1.29 is 14.4 Å². The molecular formula is C10H16N4O3. The van der Waals surface area contributed by atoms with E-state index in [9.17, 15) is 14.4 Å². The number of nitrogens with zero attached hydrogens (tertiary/aromatic N) is 2. The first-order valence-corrected chi connectivity index (χ1v) is 5.66. The molecule has 0 bridgehead atoms. The zero-order chi connectivity index (χ0) is 12.4. The molecule has 2 heterocycles. The van der Waals surface area contributed by atoms with E-state index >= 15 is 0 Å². The fourth-order valence-corrected chi connectivity index (χ4v) is 2.07. The molecule has 7 nitrogen and oxygen atoms in total. The fraction of sp³-hybridized carbons (Fsp3) is 0.700. The molecular weight excluding hydrogens is 224 g/mol. The number of hydrogen-bond acceptors (Lipinski definition) is 4. The van der Waals surface area contributed by atoms with E-state index in [2.05, 4.69) is 10.9 Å². The summed E-state index contributed by atoms with van der Waals surface area (Å²) in [5.74, 6) is -0.204. The molecule has 7 heteroatoms. The highest BCUT2D eigenvalue weighted by molar-refractivity contribution is 5.91. The van der Waals surface area contributed by atoms with Gasteiger partial charge in [0.25, 0.3) is 0 Å². The van der Waals surface area contributed by atoms with E-state index < -0.39 is 6.04 Å². The lowest BCUT2D eigenvalue weighted by Gasteiger charge is -2.35. The Hall–Kier alpha value is -1.63. The van der Waals surface area contributed by atoms with Crippen molar-refractivity contribution in [1.82, 2.24) is 20.7 Å². The quantitative estimate of drug-likeness (QED) is 0.559. The molecule has 2 fully saturated rings. The van der Waals surface area contributed by atoms with Gasteiger partial charge in [-0.05, 0) is 0 Å². The minimum atomic E-state index is -0.466. The molecule has 2 aliphatic rings. The minimum Gasteiger partial charge on any atom is -0.339 e. The molecule has 0 radical (unpaired) electrons. The van der Waals surface area contributed by atoms with E-state index in [1.807, 2.05) is 0 Å². The average molecular weight is 240 g/mol. The summed E-state index contributed by atoms with van der Waals surface area (Å²) in [5, 5.41) is 0. The van der Waals surface area contributed by atoms with Crippen LogP contribution in [0.15, 0.2) is 0 Å². The molecule has 0 aromatic rings. The summed E-state index contributed by atoms with van der Waals surface area (Å²) >= 11 is 0. The molecule has 17 heavy (non-hydrogen) atoms. The normalized spacial score (nSPS) is 24.8. The van der Waals surface area contributed by atoms with Crippen LogP contribution in [0.4, 0.5) is 0 Å². The fourth-order valence-electron chi connectivity index (χ4n) is 2.07. The van der Waals surface area contributed by atoms with Crippen molar-refractivity contribution in [3.63, 3.8) is 0 Å². The molecule has 94 valence electrons. The number of rotatable bonds is 1. The number of carbonyl (C=O) groups is 3. The molecule has 2 N–H and O–H groups in total. The summed E-state index contributed by atoms with van der Waals surface area (Å²) in [6.45, 7) is 3.72. The van der Waals surface area contributed by atoms with Gasteiger partial charge in [0.1, 0.15) is 6.04 Å². The number of carbonyl (C=O) groups excluding carboxylic acids is 3. The van der Waals surface area contributed by atoms with Crippen LogP contribution >= 0.6 is 0 Å². The topological polar surface area (TPSA) is 81.8 Å². The van der Waals surface area contributed by atoms with Crippen LogP contribution in [-0.4, -0.2) is 59.7 Å². The third kappa shape index (κ3) is 2.55. The van der Waals surface area contributed by atoms with Gasteiger partial charge in [0, 0.05) is 33.1 Å². The van der Waals surface area contributed by atoms with Crippen molar-refractivity contribution in [2.24, 2.45) is 0 Å². The van der Waals surface area contributed by atoms with Crippen molar-refractivity contribution in [3.8, 4) is 0 Å². The van der Waals surface area contributed by atoms with Crippen LogP contribution in [-0.2, 0) is 14.4 Å². The van der Waals surface area contributed by atoms with Gasteiger partial charge in [0.2, 0.25) is 17.7 Å². The Morgan fingerprint density at radius 2 is 1.76 bits per heavy atom. The van der Waals surface area contributed by atoms with E-state index in [1.165, 1.54) is 6.92 Å². The third-order valence-corrected chi connectivity index (χ3v) is 3.11. The van der Waals surface area contributed by atoms with Crippen molar-refractivity contribution >= 4 is 17.7 Å². The highest BCUT2D eigenvalue weighted by atomic mass is 16.2. The van der Waals surface area contributed by atoms with Gasteiger partial charge in [-0.2, -0.15) is 0 Å². The van der Waals surface area contributed by atoms with E-state index in [1.54, 1.807) is 9.80 Å². The highest BCUT2D eigenvalue weighted by Crippen LogP contribution is 2.07. The molecule has 1 atom stereocenters. The molecule has 0 aromatic carbocycles. The van der Waals surface area contributed by atoms with Crippen molar-refractivity contribution in [1.29, 1.82) is 0 Å². The van der Waals surface area contributed by atoms with E-state index in [-0.39, 0.29) is 24.1 Å². The monoisotopic (exact) mass is 240 g/mol. The van der Waals surface area contributed by atoms with Gasteiger partial charge < -0.3 is 9.80 Å². The number of amides is 3. The van der Waals surface area contributed by atoms with E-state index in [0.717, 1.165) is 0 Å². The Labute approximate surface area is 99.1 Å². The third-order valence-electron chi connectivity index (χ3n) is 3.11. The lowest BCUT2D eigenvalue weighted by Crippen LogP contribution is -2.54. The van der Waals surface area contributed by atoms with Gasteiger partial charge in [-0.15, -0.1) is 0 Å². The second-order valence-corrected chi connectivity index (χ2v) is 4.28. The summed E-state index contributed by atoms with van der Waals surface area (Å²) in [6, 6.07) is -0.466. The zero-order valence-electron chi connectivity index (χ0n) is 9.73. The molecule has 2 saturated heterocycles. The predicted octanol–water partition coefficient (Wildman–Crippen LogP) is -1.93. The number of piperazine rings is 1. The Bertz CT molecular complexity index is 349. The summed E-state index contributed by atoms with van der Waals surface area (Å²) in [7, 11) is 0. The summed E-state index contributed by atoms with van der Waals surface area (Å²) in [4.78, 5) is 37.5. The average Bonchev–Trinajstić information content (AvgIpc) is 2.75. The first kappa shape index (κ1) is 11.8. The number of hydrazine groups is 1. The molecule has 2 aliphatic heterocycles. The summed E-state index contributed by atoms with van der Waals surface area (Å²) < 4.78 is 0. The second-order valence-electron chi connectivity index (χ2n) is 4.28. The maximum Gasteiger partial charge on any atom is 0.242 e. The van der Waals surface area contributed by atoms with Gasteiger partial charge in [-0.1, -0.05) is 0 Å². The Balaban J connectivity index is 1.86. The van der Waals surface area contributed by atoms with Gasteiger partial charge in [-0.3, -0.25) is 19.8 Å². The van der Waals surface area contributed by atoms with Gasteiger partial charge in [0.05, 0.1) is 6.42 Å². The molecule has 0 aromatic heterocycles. The predicted molar refractivity (Wildman–Crippen MR) is 58.5 cm³/mol. The first-order valence-electron chi connectivity index (χ1n) is 5.66. The van der Waals surface area contributed by atoms with Crippen LogP contribution in [0.2, 0.25) is 0 Å². The maximum atomic E-state index is 12.0. The van der Waals surface area contributed by atoms with Crippen LogP contribution < -0.4 is 10.9 Å². The SMILES string of the molecule is CC(=O)N1CCN(C(=O)C2CC(=O)NN2)CC1. The molecule has 3 amide bonds. The van der Waals surface area contributed by atoms with Crippen molar-refractivity contribution in [3.05, 3.63) is 0 Å². The van der Waals surface area contributed by atoms with Crippen molar-refractivity contribution in [2.75, 3.05) is 26.2 Å². The lowest BCUT2D eigenvalue weighted by atomic mass is 10.2.